The Labute approximate surface area is 131 Å². The van der Waals surface area contributed by atoms with E-state index in [-0.39, 0.29) is 5.75 Å². The first-order valence-electron chi connectivity index (χ1n) is 6.64. The van der Waals surface area contributed by atoms with Crippen molar-refractivity contribution >= 4 is 26.8 Å². The van der Waals surface area contributed by atoms with Gasteiger partial charge in [-0.25, -0.2) is 4.98 Å². The van der Waals surface area contributed by atoms with Crippen molar-refractivity contribution in [2.24, 2.45) is 0 Å². The zero-order valence-corrected chi connectivity index (χ0v) is 12.8. The van der Waals surface area contributed by atoms with Crippen LogP contribution in [-0.2, 0) is 6.42 Å². The summed E-state index contributed by atoms with van der Waals surface area (Å²) in [5.74, 6) is 0.221. The van der Waals surface area contributed by atoms with Gasteiger partial charge in [0.1, 0.15) is 11.9 Å². The predicted octanol–water partition coefficient (Wildman–Crippen LogP) is 3.98. The molecule has 0 fully saturated rings. The molecule has 0 saturated carbocycles. The van der Waals surface area contributed by atoms with Gasteiger partial charge < -0.3 is 10.2 Å². The lowest BCUT2D eigenvalue weighted by Gasteiger charge is -2.13. The summed E-state index contributed by atoms with van der Waals surface area (Å²) in [6.45, 7) is 0. The molecule has 1 heterocycles. The van der Waals surface area contributed by atoms with Crippen molar-refractivity contribution in [2.45, 2.75) is 12.5 Å². The molecule has 0 bridgehead atoms. The van der Waals surface area contributed by atoms with Gasteiger partial charge in [0, 0.05) is 16.3 Å². The molecule has 0 aliphatic heterocycles. The van der Waals surface area contributed by atoms with Gasteiger partial charge in [-0.3, -0.25) is 0 Å². The van der Waals surface area contributed by atoms with Crippen LogP contribution in [0.5, 0.6) is 5.75 Å². The molecule has 2 N–H and O–H groups in total. The number of aliphatic hydroxyl groups excluding tert-OH is 1. The molecule has 1 atom stereocenters. The van der Waals surface area contributed by atoms with Crippen LogP contribution < -0.4 is 0 Å². The van der Waals surface area contributed by atoms with Crippen molar-refractivity contribution in [1.82, 2.24) is 4.98 Å². The van der Waals surface area contributed by atoms with Crippen LogP contribution in [0.3, 0.4) is 0 Å². The molecule has 4 heteroatoms. The van der Waals surface area contributed by atoms with Gasteiger partial charge in [-0.2, -0.15) is 0 Å². The van der Waals surface area contributed by atoms with Crippen LogP contribution in [0.25, 0.3) is 10.9 Å². The Bertz CT molecular complexity index is 771. The molecule has 21 heavy (non-hydrogen) atoms. The molecule has 1 aromatic heterocycles. The monoisotopic (exact) mass is 343 g/mol. The van der Waals surface area contributed by atoms with Gasteiger partial charge >= 0.3 is 0 Å². The number of pyridine rings is 1. The molecule has 0 aliphatic rings. The highest BCUT2D eigenvalue weighted by Crippen LogP contribution is 2.28. The molecule has 0 aliphatic carbocycles. The van der Waals surface area contributed by atoms with Gasteiger partial charge in [0.2, 0.25) is 0 Å². The van der Waals surface area contributed by atoms with Crippen LogP contribution in [0.1, 0.15) is 17.4 Å². The molecular formula is C17H14BrNO2. The Kier molecular flexibility index (Phi) is 3.90. The minimum Gasteiger partial charge on any atom is -0.508 e. The van der Waals surface area contributed by atoms with Gasteiger partial charge in [-0.1, -0.05) is 30.3 Å². The first kappa shape index (κ1) is 14.0. The van der Waals surface area contributed by atoms with E-state index in [0.717, 1.165) is 20.9 Å². The van der Waals surface area contributed by atoms with E-state index in [0.29, 0.717) is 12.1 Å². The number of phenolic OH excluding ortho intramolecular Hbond substituents is 1. The van der Waals surface area contributed by atoms with E-state index in [9.17, 15) is 10.2 Å². The number of rotatable bonds is 3. The maximum atomic E-state index is 10.4. The first-order chi connectivity index (χ1) is 10.1. The molecule has 3 rings (SSSR count). The molecule has 106 valence electrons. The molecule has 0 radical (unpaired) electrons. The van der Waals surface area contributed by atoms with Crippen LogP contribution >= 0.6 is 15.9 Å². The second-order valence-corrected chi connectivity index (χ2v) is 5.79. The van der Waals surface area contributed by atoms with Crippen LogP contribution in [-0.4, -0.2) is 15.2 Å². The van der Waals surface area contributed by atoms with Gasteiger partial charge in [0.15, 0.2) is 0 Å². The maximum Gasteiger partial charge on any atom is 0.115 e. The average molecular weight is 344 g/mol. The number of halogens is 1. The Morgan fingerprint density at radius 1 is 1.05 bits per heavy atom. The summed E-state index contributed by atoms with van der Waals surface area (Å²) < 4.78 is 0.799. The van der Waals surface area contributed by atoms with E-state index in [1.54, 1.807) is 24.3 Å². The lowest BCUT2D eigenvalue weighted by molar-refractivity contribution is 0.173. The lowest BCUT2D eigenvalue weighted by Crippen LogP contribution is -2.05. The number of para-hydroxylation sites is 1. The fourth-order valence-corrected chi connectivity index (χ4v) is 2.89. The van der Waals surface area contributed by atoms with Crippen LogP contribution in [0.2, 0.25) is 0 Å². The Morgan fingerprint density at radius 2 is 1.76 bits per heavy atom. The summed E-state index contributed by atoms with van der Waals surface area (Å²) in [6.07, 6.45) is -0.252. The lowest BCUT2D eigenvalue weighted by atomic mass is 10.0. The van der Waals surface area contributed by atoms with Crippen molar-refractivity contribution in [1.29, 1.82) is 0 Å². The molecule has 0 amide bonds. The van der Waals surface area contributed by atoms with Crippen LogP contribution in [0.4, 0.5) is 0 Å². The number of fused-ring (bicyclic) bond motifs is 1. The number of nitrogens with zero attached hydrogens (tertiary/aromatic N) is 1. The summed E-state index contributed by atoms with van der Waals surface area (Å²) in [7, 11) is 0. The zero-order valence-electron chi connectivity index (χ0n) is 11.2. The number of hydrogen-bond acceptors (Lipinski definition) is 3. The highest BCUT2D eigenvalue weighted by Gasteiger charge is 2.15. The van der Waals surface area contributed by atoms with Crippen molar-refractivity contribution < 1.29 is 10.2 Å². The van der Waals surface area contributed by atoms with Crippen molar-refractivity contribution in [3.8, 4) is 5.75 Å². The summed E-state index contributed by atoms with van der Waals surface area (Å²) >= 11 is 3.48. The van der Waals surface area contributed by atoms with Crippen molar-refractivity contribution in [3.63, 3.8) is 0 Å². The fourth-order valence-electron chi connectivity index (χ4n) is 2.29. The Morgan fingerprint density at radius 3 is 2.52 bits per heavy atom. The SMILES string of the molecule is Oc1ccc(CC(O)c2nc3ccccc3cc2Br)cc1. The van der Waals surface area contributed by atoms with Gasteiger partial charge in [0.25, 0.3) is 0 Å². The molecule has 0 spiro atoms. The predicted molar refractivity (Wildman–Crippen MR) is 86.2 cm³/mol. The summed E-state index contributed by atoms with van der Waals surface area (Å²) in [4.78, 5) is 4.54. The number of hydrogen-bond donors (Lipinski definition) is 2. The van der Waals surface area contributed by atoms with Crippen molar-refractivity contribution in [3.05, 3.63) is 70.3 Å². The first-order valence-corrected chi connectivity index (χ1v) is 7.44. The minimum atomic E-state index is -0.700. The quantitative estimate of drug-likeness (QED) is 0.756. The second kappa shape index (κ2) is 5.84. The Hall–Kier alpha value is -1.91. The average Bonchev–Trinajstić information content (AvgIpc) is 2.49. The van der Waals surface area contributed by atoms with E-state index < -0.39 is 6.10 Å². The van der Waals surface area contributed by atoms with E-state index >= 15 is 0 Å². The molecule has 3 nitrogen and oxygen atoms in total. The summed E-state index contributed by atoms with van der Waals surface area (Å²) in [5.41, 5.74) is 2.43. The molecule has 1 unspecified atom stereocenters. The molecule has 2 aromatic carbocycles. The maximum absolute atomic E-state index is 10.4. The summed E-state index contributed by atoms with van der Waals surface area (Å²) in [5, 5.41) is 20.7. The summed E-state index contributed by atoms with van der Waals surface area (Å²) in [6, 6.07) is 16.6. The topological polar surface area (TPSA) is 53.4 Å². The third-order valence-electron chi connectivity index (χ3n) is 3.39. The normalized spacial score (nSPS) is 12.5. The van der Waals surface area contributed by atoms with Gasteiger partial charge in [0.05, 0.1) is 11.2 Å². The molecule has 0 saturated heterocycles. The number of phenols is 1. The standard InChI is InChI=1S/C17H14BrNO2/c18-14-10-12-3-1-2-4-15(12)19-17(14)16(21)9-11-5-7-13(20)8-6-11/h1-8,10,16,20-21H,9H2. The molecular weight excluding hydrogens is 330 g/mol. The molecule has 3 aromatic rings. The third kappa shape index (κ3) is 3.06. The number of aliphatic hydroxyl groups is 1. The van der Waals surface area contributed by atoms with Gasteiger partial charge in [-0.05, 0) is 45.8 Å². The second-order valence-electron chi connectivity index (χ2n) is 4.93. The zero-order chi connectivity index (χ0) is 14.8. The van der Waals surface area contributed by atoms with Gasteiger partial charge in [-0.15, -0.1) is 0 Å². The third-order valence-corrected chi connectivity index (χ3v) is 4.02. The van der Waals surface area contributed by atoms with E-state index in [4.69, 9.17) is 0 Å². The number of aromatic hydroxyl groups is 1. The van der Waals surface area contributed by atoms with E-state index in [1.165, 1.54) is 0 Å². The van der Waals surface area contributed by atoms with Crippen molar-refractivity contribution in [2.75, 3.05) is 0 Å². The largest absolute Gasteiger partial charge is 0.508 e. The highest BCUT2D eigenvalue weighted by atomic mass is 79.9. The van der Waals surface area contributed by atoms with Crippen LogP contribution in [0.15, 0.2) is 59.1 Å². The number of benzene rings is 2. The fraction of sp³-hybridized carbons (Fsp3) is 0.118. The smallest absolute Gasteiger partial charge is 0.115 e. The Balaban J connectivity index is 1.91. The minimum absolute atomic E-state index is 0.221. The van der Waals surface area contributed by atoms with E-state index in [2.05, 4.69) is 20.9 Å². The van der Waals surface area contributed by atoms with Crippen LogP contribution in [0, 0.1) is 0 Å². The number of aromatic nitrogens is 1. The van der Waals surface area contributed by atoms with E-state index in [1.807, 2.05) is 30.3 Å². The highest BCUT2D eigenvalue weighted by molar-refractivity contribution is 9.10.